The van der Waals surface area contributed by atoms with Crippen LogP contribution in [0.15, 0.2) is 24.3 Å². The Bertz CT molecular complexity index is 437. The van der Waals surface area contributed by atoms with Gasteiger partial charge >= 0.3 is 0 Å². The number of carbonyl (C=O) groups is 1. The molecule has 0 saturated heterocycles. The van der Waals surface area contributed by atoms with Crippen molar-refractivity contribution in [1.29, 1.82) is 0 Å². The van der Waals surface area contributed by atoms with E-state index >= 15 is 0 Å². The Labute approximate surface area is 128 Å². The van der Waals surface area contributed by atoms with Gasteiger partial charge in [0.15, 0.2) is 5.78 Å². The maximum absolute atomic E-state index is 11.9. The molecule has 0 heterocycles. The Hall–Kier alpha value is -1.35. The van der Waals surface area contributed by atoms with E-state index in [2.05, 4.69) is 19.2 Å². The van der Waals surface area contributed by atoms with Crippen LogP contribution in [-0.2, 0) is 0 Å². The molecular weight excluding hydrogens is 262 g/mol. The van der Waals surface area contributed by atoms with E-state index in [-0.39, 0.29) is 5.78 Å². The number of ketones is 1. The lowest BCUT2D eigenvalue weighted by Gasteiger charge is -2.28. The number of nitrogens with one attached hydrogen (secondary N) is 1. The highest BCUT2D eigenvalue weighted by Crippen LogP contribution is 2.21. The second-order valence-corrected chi connectivity index (χ2v) is 5.83. The van der Waals surface area contributed by atoms with Gasteiger partial charge in [0.1, 0.15) is 0 Å². The molecule has 2 N–H and O–H groups in total. The minimum absolute atomic E-state index is 0.179. The second-order valence-electron chi connectivity index (χ2n) is 5.83. The van der Waals surface area contributed by atoms with Crippen LogP contribution >= 0.6 is 0 Å². The third-order valence-corrected chi connectivity index (χ3v) is 3.71. The molecule has 1 rings (SSSR count). The number of rotatable bonds is 10. The van der Waals surface area contributed by atoms with E-state index < -0.39 is 5.60 Å². The Balaban J connectivity index is 2.70. The van der Waals surface area contributed by atoms with Gasteiger partial charge < -0.3 is 10.4 Å². The molecule has 0 amide bonds. The summed E-state index contributed by atoms with van der Waals surface area (Å²) in [7, 11) is 0. The number of aliphatic hydroxyl groups is 1. The van der Waals surface area contributed by atoms with E-state index in [1.165, 1.54) is 0 Å². The molecule has 0 radical (unpaired) electrons. The van der Waals surface area contributed by atoms with Crippen LogP contribution in [0, 0.1) is 0 Å². The number of benzene rings is 1. The summed E-state index contributed by atoms with van der Waals surface area (Å²) in [4.78, 5) is 11.9. The SMILES string of the molecule is CCCC(=O)c1cccc(NCC(O)(CCC)CCC)c1. The molecule has 0 aliphatic rings. The van der Waals surface area contributed by atoms with Gasteiger partial charge in [0.2, 0.25) is 0 Å². The third kappa shape index (κ3) is 5.88. The first-order chi connectivity index (χ1) is 10.0. The van der Waals surface area contributed by atoms with Gasteiger partial charge in [-0.05, 0) is 31.4 Å². The second kappa shape index (κ2) is 8.83. The minimum atomic E-state index is -0.660. The lowest BCUT2D eigenvalue weighted by molar-refractivity contribution is 0.0344. The molecule has 1 aromatic rings. The van der Waals surface area contributed by atoms with Crippen LogP contribution in [0.1, 0.15) is 69.7 Å². The van der Waals surface area contributed by atoms with Gasteiger partial charge in [-0.25, -0.2) is 0 Å². The first-order valence-corrected chi connectivity index (χ1v) is 8.14. The van der Waals surface area contributed by atoms with Crippen molar-refractivity contribution in [2.24, 2.45) is 0 Å². The van der Waals surface area contributed by atoms with Crippen molar-refractivity contribution in [2.75, 3.05) is 11.9 Å². The fourth-order valence-corrected chi connectivity index (χ4v) is 2.67. The van der Waals surface area contributed by atoms with Crippen molar-refractivity contribution in [3.63, 3.8) is 0 Å². The number of hydrogen-bond donors (Lipinski definition) is 2. The molecule has 0 aromatic heterocycles. The van der Waals surface area contributed by atoms with Crippen LogP contribution in [0.4, 0.5) is 5.69 Å². The molecule has 1 aromatic carbocycles. The fourth-order valence-electron chi connectivity index (χ4n) is 2.67. The van der Waals surface area contributed by atoms with Crippen LogP contribution in [0.5, 0.6) is 0 Å². The first-order valence-electron chi connectivity index (χ1n) is 8.14. The first kappa shape index (κ1) is 17.7. The van der Waals surface area contributed by atoms with Gasteiger partial charge in [0.25, 0.3) is 0 Å². The van der Waals surface area contributed by atoms with Gasteiger partial charge in [-0.1, -0.05) is 45.7 Å². The normalized spacial score (nSPS) is 11.4. The highest BCUT2D eigenvalue weighted by atomic mass is 16.3. The Morgan fingerprint density at radius 1 is 1.14 bits per heavy atom. The average Bonchev–Trinajstić information content (AvgIpc) is 2.46. The van der Waals surface area contributed by atoms with E-state index in [4.69, 9.17) is 0 Å². The molecule has 0 aliphatic heterocycles. The summed E-state index contributed by atoms with van der Waals surface area (Å²) in [6, 6.07) is 7.58. The summed E-state index contributed by atoms with van der Waals surface area (Å²) < 4.78 is 0. The molecule has 0 spiro atoms. The lowest BCUT2D eigenvalue weighted by atomic mass is 9.92. The van der Waals surface area contributed by atoms with E-state index in [0.29, 0.717) is 13.0 Å². The number of carbonyl (C=O) groups excluding carboxylic acids is 1. The molecule has 21 heavy (non-hydrogen) atoms. The Morgan fingerprint density at radius 3 is 2.38 bits per heavy atom. The Kier molecular flexibility index (Phi) is 7.44. The molecule has 0 bridgehead atoms. The molecule has 0 fully saturated rings. The van der Waals surface area contributed by atoms with Crippen molar-refractivity contribution in [3.05, 3.63) is 29.8 Å². The molecule has 3 heteroatoms. The van der Waals surface area contributed by atoms with Crippen molar-refractivity contribution in [2.45, 2.75) is 64.9 Å². The molecule has 0 saturated carbocycles. The van der Waals surface area contributed by atoms with E-state index in [1.54, 1.807) is 0 Å². The zero-order valence-corrected chi connectivity index (χ0v) is 13.6. The zero-order chi connectivity index (χ0) is 15.7. The van der Waals surface area contributed by atoms with Crippen molar-refractivity contribution in [1.82, 2.24) is 0 Å². The van der Waals surface area contributed by atoms with E-state index in [9.17, 15) is 9.90 Å². The molecular formula is C18H29NO2. The van der Waals surface area contributed by atoms with Gasteiger partial charge in [-0.3, -0.25) is 4.79 Å². The smallest absolute Gasteiger partial charge is 0.162 e. The number of anilines is 1. The van der Waals surface area contributed by atoms with E-state index in [1.807, 2.05) is 31.2 Å². The standard InChI is InChI=1S/C18H29NO2/c1-4-8-17(20)15-9-7-10-16(13-15)19-14-18(21,11-5-2)12-6-3/h7,9-10,13,19,21H,4-6,8,11-12,14H2,1-3H3. The highest BCUT2D eigenvalue weighted by Gasteiger charge is 2.24. The predicted molar refractivity (Wildman–Crippen MR) is 88.9 cm³/mol. The number of hydrogen-bond acceptors (Lipinski definition) is 3. The zero-order valence-electron chi connectivity index (χ0n) is 13.6. The molecule has 3 nitrogen and oxygen atoms in total. The summed E-state index contributed by atoms with van der Waals surface area (Å²) in [5.41, 5.74) is 0.992. The third-order valence-electron chi connectivity index (χ3n) is 3.71. The fraction of sp³-hybridized carbons (Fsp3) is 0.611. The maximum atomic E-state index is 11.9. The van der Waals surface area contributed by atoms with Gasteiger partial charge in [-0.2, -0.15) is 0 Å². The molecule has 118 valence electrons. The topological polar surface area (TPSA) is 49.3 Å². The maximum Gasteiger partial charge on any atom is 0.162 e. The largest absolute Gasteiger partial charge is 0.388 e. The summed E-state index contributed by atoms with van der Waals surface area (Å²) in [6.07, 6.45) is 4.97. The summed E-state index contributed by atoms with van der Waals surface area (Å²) in [6.45, 7) is 6.71. The van der Waals surface area contributed by atoms with Crippen LogP contribution in [0.3, 0.4) is 0 Å². The predicted octanol–water partition coefficient (Wildman–Crippen LogP) is 4.41. The number of Topliss-reactive ketones (excluding diaryl/α,β-unsaturated/α-hetero) is 1. The summed E-state index contributed by atoms with van der Waals surface area (Å²) >= 11 is 0. The highest BCUT2D eigenvalue weighted by molar-refractivity contribution is 5.96. The lowest BCUT2D eigenvalue weighted by Crippen LogP contribution is -2.36. The molecule has 0 unspecified atom stereocenters. The van der Waals surface area contributed by atoms with Crippen LogP contribution in [0.2, 0.25) is 0 Å². The average molecular weight is 291 g/mol. The van der Waals surface area contributed by atoms with Crippen molar-refractivity contribution < 1.29 is 9.90 Å². The van der Waals surface area contributed by atoms with Gasteiger partial charge in [0, 0.05) is 24.2 Å². The summed E-state index contributed by atoms with van der Waals surface area (Å²) in [5.74, 6) is 0.179. The van der Waals surface area contributed by atoms with Gasteiger partial charge in [0.05, 0.1) is 5.60 Å². The monoisotopic (exact) mass is 291 g/mol. The summed E-state index contributed by atoms with van der Waals surface area (Å²) in [5, 5.41) is 13.9. The van der Waals surface area contributed by atoms with Crippen molar-refractivity contribution in [3.8, 4) is 0 Å². The molecule has 0 aliphatic carbocycles. The van der Waals surface area contributed by atoms with Crippen molar-refractivity contribution >= 4 is 11.5 Å². The molecule has 0 atom stereocenters. The van der Waals surface area contributed by atoms with E-state index in [0.717, 1.165) is 43.4 Å². The van der Waals surface area contributed by atoms with Crippen LogP contribution < -0.4 is 5.32 Å². The van der Waals surface area contributed by atoms with Crippen LogP contribution in [0.25, 0.3) is 0 Å². The minimum Gasteiger partial charge on any atom is -0.388 e. The quantitative estimate of drug-likeness (QED) is 0.628. The Morgan fingerprint density at radius 2 is 1.81 bits per heavy atom. The van der Waals surface area contributed by atoms with Crippen LogP contribution in [-0.4, -0.2) is 23.0 Å². The van der Waals surface area contributed by atoms with Gasteiger partial charge in [-0.15, -0.1) is 0 Å².